The van der Waals surface area contributed by atoms with Crippen molar-refractivity contribution in [2.24, 2.45) is 0 Å². The largest absolute Gasteiger partial charge is 0.309 e. The van der Waals surface area contributed by atoms with Gasteiger partial charge in [-0.05, 0) is 82.9 Å². The Morgan fingerprint density at radius 1 is 0.375 bits per heavy atom. The Kier molecular flexibility index (Phi) is 5.10. The van der Waals surface area contributed by atoms with E-state index >= 15 is 0 Å². The highest BCUT2D eigenvalue weighted by Crippen LogP contribution is 2.37. The van der Waals surface area contributed by atoms with Gasteiger partial charge in [0.2, 0.25) is 0 Å². The number of rotatable bonds is 4. The normalized spacial score (nSPS) is 11.5. The molecule has 0 aliphatic carbocycles. The lowest BCUT2D eigenvalue weighted by molar-refractivity contribution is 0.765. The summed E-state index contributed by atoms with van der Waals surface area (Å²) < 4.78 is 2.35. The van der Waals surface area contributed by atoms with Crippen LogP contribution in [0.3, 0.4) is 0 Å². The van der Waals surface area contributed by atoms with Gasteiger partial charge >= 0.3 is 0 Å². The molecule has 8 aromatic rings. The van der Waals surface area contributed by atoms with E-state index in [2.05, 4.69) is 136 Å². The molecule has 8 rings (SSSR count). The second kappa shape index (κ2) is 9.07. The molecule has 0 aliphatic rings. The molecule has 4 nitrogen and oxygen atoms in total. The van der Waals surface area contributed by atoms with Crippen LogP contribution < -0.4 is 0 Å². The molecule has 0 amide bonds. The molecule has 40 heavy (non-hydrogen) atoms. The summed E-state index contributed by atoms with van der Waals surface area (Å²) in [7, 11) is 0. The van der Waals surface area contributed by atoms with Crippen LogP contribution in [0, 0.1) is 0 Å². The van der Waals surface area contributed by atoms with Crippen LogP contribution in [0.15, 0.2) is 146 Å². The molecule has 0 aliphatic heterocycles. The fourth-order valence-electron chi connectivity index (χ4n) is 5.63. The maximum absolute atomic E-state index is 4.65. The number of aromatic nitrogens is 4. The number of hydrogen-bond donors (Lipinski definition) is 0. The Bertz CT molecular complexity index is 2010. The van der Waals surface area contributed by atoms with Crippen LogP contribution in [0.2, 0.25) is 0 Å². The maximum Gasteiger partial charge on any atom is 0.113 e. The topological polar surface area (TPSA) is 35.6 Å². The lowest BCUT2D eigenvalue weighted by atomic mass is 10.0. The first-order chi connectivity index (χ1) is 19.8. The molecule has 0 atom stereocenters. The van der Waals surface area contributed by atoms with Gasteiger partial charge in [-0.2, -0.15) is 4.80 Å². The van der Waals surface area contributed by atoms with Gasteiger partial charge in [-0.25, -0.2) is 0 Å². The highest BCUT2D eigenvalue weighted by Gasteiger charge is 2.15. The van der Waals surface area contributed by atoms with E-state index in [1.165, 1.54) is 44.1 Å². The molecule has 2 aromatic heterocycles. The van der Waals surface area contributed by atoms with Crippen molar-refractivity contribution in [1.82, 2.24) is 19.6 Å². The van der Waals surface area contributed by atoms with E-state index in [1.807, 2.05) is 24.3 Å². The first kappa shape index (κ1) is 22.5. The third-order valence-electron chi connectivity index (χ3n) is 7.60. The van der Waals surface area contributed by atoms with E-state index in [1.54, 1.807) is 4.80 Å². The number of nitrogens with zero attached hydrogens (tertiary/aromatic N) is 4. The van der Waals surface area contributed by atoms with Gasteiger partial charge in [0.05, 0.1) is 16.7 Å². The zero-order chi connectivity index (χ0) is 26.5. The standard InChI is InChI=1S/C36H24N4/c1-3-9-25(10-4-1)27-15-21-35-31(23-27)32-24-28(26-11-5-2-6-12-26)16-22-36(32)39(35)29-17-19-30(20-18-29)40-37-33-13-7-8-14-34(33)38-40/h1-24H. The molecule has 4 heteroatoms. The van der Waals surface area contributed by atoms with Gasteiger partial charge < -0.3 is 4.57 Å². The van der Waals surface area contributed by atoms with Gasteiger partial charge in [-0.1, -0.05) is 84.9 Å². The van der Waals surface area contributed by atoms with E-state index in [-0.39, 0.29) is 0 Å². The van der Waals surface area contributed by atoms with Gasteiger partial charge in [-0.15, -0.1) is 10.2 Å². The van der Waals surface area contributed by atoms with Crippen molar-refractivity contribution in [1.29, 1.82) is 0 Å². The van der Waals surface area contributed by atoms with Crippen molar-refractivity contribution in [3.05, 3.63) is 146 Å². The lowest BCUT2D eigenvalue weighted by Crippen LogP contribution is -2.00. The Labute approximate surface area is 231 Å². The third kappa shape index (κ3) is 3.69. The minimum absolute atomic E-state index is 0.886. The molecule has 0 unspecified atom stereocenters. The predicted octanol–water partition coefficient (Wildman–Crippen LogP) is 8.85. The zero-order valence-corrected chi connectivity index (χ0v) is 21.6. The SMILES string of the molecule is c1ccc(-c2ccc3c(c2)c2cc(-c4ccccc4)ccc2n3-c2ccc(-n3nc4ccccc4n3)cc2)cc1. The summed E-state index contributed by atoms with van der Waals surface area (Å²) in [6.07, 6.45) is 0. The maximum atomic E-state index is 4.65. The van der Waals surface area contributed by atoms with Crippen molar-refractivity contribution in [3.8, 4) is 33.6 Å². The summed E-state index contributed by atoms with van der Waals surface area (Å²) in [5.41, 5.74) is 11.0. The van der Waals surface area contributed by atoms with Crippen LogP contribution in [0.1, 0.15) is 0 Å². The van der Waals surface area contributed by atoms with Crippen molar-refractivity contribution < 1.29 is 0 Å². The quantitative estimate of drug-likeness (QED) is 0.236. The van der Waals surface area contributed by atoms with Crippen LogP contribution in [-0.4, -0.2) is 19.6 Å². The minimum Gasteiger partial charge on any atom is -0.309 e. The molecule has 188 valence electrons. The van der Waals surface area contributed by atoms with Crippen LogP contribution >= 0.6 is 0 Å². The van der Waals surface area contributed by atoms with Crippen molar-refractivity contribution in [2.45, 2.75) is 0 Å². The van der Waals surface area contributed by atoms with Crippen molar-refractivity contribution >= 4 is 32.8 Å². The molecule has 0 N–H and O–H groups in total. The summed E-state index contributed by atoms with van der Waals surface area (Å²) in [6.45, 7) is 0. The molecule has 0 fully saturated rings. The number of fused-ring (bicyclic) bond motifs is 4. The number of hydrogen-bond acceptors (Lipinski definition) is 2. The average molecular weight is 513 g/mol. The molecule has 2 heterocycles. The second-order valence-electron chi connectivity index (χ2n) is 10.0. The Balaban J connectivity index is 1.31. The Morgan fingerprint density at radius 3 is 1.32 bits per heavy atom. The predicted molar refractivity (Wildman–Crippen MR) is 164 cm³/mol. The highest BCUT2D eigenvalue weighted by molar-refractivity contribution is 6.11. The van der Waals surface area contributed by atoms with E-state index in [0.717, 1.165) is 22.4 Å². The van der Waals surface area contributed by atoms with Gasteiger partial charge in [0.15, 0.2) is 0 Å². The summed E-state index contributed by atoms with van der Waals surface area (Å²) >= 11 is 0. The Morgan fingerprint density at radius 2 is 0.825 bits per heavy atom. The molecule has 0 radical (unpaired) electrons. The monoisotopic (exact) mass is 512 g/mol. The summed E-state index contributed by atoms with van der Waals surface area (Å²) in [6, 6.07) is 51.2. The minimum atomic E-state index is 0.886. The van der Waals surface area contributed by atoms with E-state index in [0.29, 0.717) is 0 Å². The Hall–Kier alpha value is -5.48. The van der Waals surface area contributed by atoms with E-state index in [4.69, 9.17) is 0 Å². The van der Waals surface area contributed by atoms with Crippen LogP contribution in [0.5, 0.6) is 0 Å². The molecular weight excluding hydrogens is 488 g/mol. The third-order valence-corrected chi connectivity index (χ3v) is 7.60. The zero-order valence-electron chi connectivity index (χ0n) is 21.6. The molecule has 6 aromatic carbocycles. The number of benzene rings is 6. The van der Waals surface area contributed by atoms with Crippen LogP contribution in [0.4, 0.5) is 0 Å². The lowest BCUT2D eigenvalue weighted by Gasteiger charge is -2.10. The molecular formula is C36H24N4. The highest BCUT2D eigenvalue weighted by atomic mass is 15.5. The fraction of sp³-hybridized carbons (Fsp3) is 0. The summed E-state index contributed by atoms with van der Waals surface area (Å²) in [4.78, 5) is 1.71. The van der Waals surface area contributed by atoms with Crippen molar-refractivity contribution in [3.63, 3.8) is 0 Å². The molecule has 0 bridgehead atoms. The first-order valence-electron chi connectivity index (χ1n) is 13.4. The van der Waals surface area contributed by atoms with Crippen LogP contribution in [-0.2, 0) is 0 Å². The summed E-state index contributed by atoms with van der Waals surface area (Å²) in [5.74, 6) is 0. The van der Waals surface area contributed by atoms with E-state index < -0.39 is 0 Å². The fourth-order valence-corrected chi connectivity index (χ4v) is 5.63. The van der Waals surface area contributed by atoms with E-state index in [9.17, 15) is 0 Å². The van der Waals surface area contributed by atoms with Gasteiger partial charge in [0, 0.05) is 16.5 Å². The second-order valence-corrected chi connectivity index (χ2v) is 10.0. The van der Waals surface area contributed by atoms with Gasteiger partial charge in [0.1, 0.15) is 11.0 Å². The van der Waals surface area contributed by atoms with Crippen molar-refractivity contribution in [2.75, 3.05) is 0 Å². The molecule has 0 saturated carbocycles. The first-order valence-corrected chi connectivity index (χ1v) is 13.4. The van der Waals surface area contributed by atoms with Crippen LogP contribution in [0.25, 0.3) is 66.5 Å². The summed E-state index contributed by atoms with van der Waals surface area (Å²) in [5, 5.41) is 11.8. The van der Waals surface area contributed by atoms with Gasteiger partial charge in [-0.3, -0.25) is 0 Å². The smallest absolute Gasteiger partial charge is 0.113 e. The average Bonchev–Trinajstić information content (AvgIpc) is 3.61. The molecule has 0 spiro atoms. The molecule has 0 saturated heterocycles. The van der Waals surface area contributed by atoms with Gasteiger partial charge in [0.25, 0.3) is 0 Å².